The van der Waals surface area contributed by atoms with E-state index >= 15 is 0 Å². The molecule has 0 aliphatic carbocycles. The average Bonchev–Trinajstić information content (AvgIpc) is 2.39. The Hall–Kier alpha value is -1.65. The van der Waals surface area contributed by atoms with E-state index in [1.54, 1.807) is 12.4 Å². The summed E-state index contributed by atoms with van der Waals surface area (Å²) < 4.78 is 0. The topological polar surface area (TPSA) is 58.1 Å². The van der Waals surface area contributed by atoms with Crippen molar-refractivity contribution in [1.82, 2.24) is 15.3 Å². The van der Waals surface area contributed by atoms with Gasteiger partial charge < -0.3 is 10.2 Å². The number of rotatable bonds is 1. The molecule has 1 aromatic rings. The third kappa shape index (κ3) is 2.17. The van der Waals surface area contributed by atoms with Gasteiger partial charge in [-0.2, -0.15) is 0 Å². The standard InChI is InChI=1S/C13H18N4O/c18-11-4-1-5-13(16-11)6-2-9-17(10-13)12-14-7-3-8-15-12/h3,7-8H,1-2,4-6,9-10H2,(H,16,18). The average molecular weight is 246 g/mol. The minimum atomic E-state index is -0.0488. The van der Waals surface area contributed by atoms with Crippen LogP contribution in [0.2, 0.25) is 0 Å². The Kier molecular flexibility index (Phi) is 2.89. The molecule has 0 saturated carbocycles. The van der Waals surface area contributed by atoms with E-state index < -0.39 is 0 Å². The Morgan fingerprint density at radius 1 is 1.22 bits per heavy atom. The molecule has 1 atom stereocenters. The van der Waals surface area contributed by atoms with Crippen LogP contribution in [-0.4, -0.2) is 34.5 Å². The van der Waals surface area contributed by atoms with Gasteiger partial charge in [0.25, 0.3) is 0 Å². The van der Waals surface area contributed by atoms with Crippen LogP contribution in [0.25, 0.3) is 0 Å². The van der Waals surface area contributed by atoms with Gasteiger partial charge >= 0.3 is 0 Å². The molecule has 2 aliphatic heterocycles. The number of carbonyl (C=O) groups is 1. The maximum atomic E-state index is 11.6. The number of amides is 1. The predicted molar refractivity (Wildman–Crippen MR) is 68.2 cm³/mol. The first-order valence-corrected chi connectivity index (χ1v) is 6.60. The Bertz CT molecular complexity index is 432. The molecule has 3 rings (SSSR count). The van der Waals surface area contributed by atoms with Gasteiger partial charge in [0.15, 0.2) is 0 Å². The molecule has 1 unspecified atom stereocenters. The molecule has 2 saturated heterocycles. The number of aromatic nitrogens is 2. The van der Waals surface area contributed by atoms with E-state index in [0.29, 0.717) is 6.42 Å². The van der Waals surface area contributed by atoms with Gasteiger partial charge in [-0.1, -0.05) is 0 Å². The van der Waals surface area contributed by atoms with Crippen molar-refractivity contribution in [3.63, 3.8) is 0 Å². The van der Waals surface area contributed by atoms with Crippen molar-refractivity contribution in [1.29, 1.82) is 0 Å². The van der Waals surface area contributed by atoms with Crippen LogP contribution in [-0.2, 0) is 4.79 Å². The summed E-state index contributed by atoms with van der Waals surface area (Å²) in [6.07, 6.45) is 8.42. The largest absolute Gasteiger partial charge is 0.349 e. The first-order valence-electron chi connectivity index (χ1n) is 6.60. The molecule has 0 radical (unpaired) electrons. The van der Waals surface area contributed by atoms with Crippen LogP contribution in [0.15, 0.2) is 18.5 Å². The molecule has 5 heteroatoms. The van der Waals surface area contributed by atoms with Gasteiger partial charge in [-0.25, -0.2) is 9.97 Å². The maximum absolute atomic E-state index is 11.6. The molecule has 18 heavy (non-hydrogen) atoms. The van der Waals surface area contributed by atoms with Crippen LogP contribution in [0.5, 0.6) is 0 Å². The van der Waals surface area contributed by atoms with E-state index in [9.17, 15) is 4.79 Å². The molecule has 1 amide bonds. The second-order valence-corrected chi connectivity index (χ2v) is 5.26. The number of nitrogens with one attached hydrogen (secondary N) is 1. The first kappa shape index (κ1) is 11.4. The minimum absolute atomic E-state index is 0.0488. The lowest BCUT2D eigenvalue weighted by atomic mass is 9.81. The molecule has 0 aromatic carbocycles. The van der Waals surface area contributed by atoms with Gasteiger partial charge in [0.2, 0.25) is 11.9 Å². The van der Waals surface area contributed by atoms with E-state index in [1.807, 2.05) is 6.07 Å². The normalized spacial score (nSPS) is 28.2. The van der Waals surface area contributed by atoms with Gasteiger partial charge in [0, 0.05) is 31.9 Å². The summed E-state index contributed by atoms with van der Waals surface area (Å²) >= 11 is 0. The third-order valence-electron chi connectivity index (χ3n) is 3.88. The molecule has 1 aromatic heterocycles. The summed E-state index contributed by atoms with van der Waals surface area (Å²) in [5.74, 6) is 0.966. The van der Waals surface area contributed by atoms with Gasteiger partial charge in [-0.3, -0.25) is 4.79 Å². The van der Waals surface area contributed by atoms with E-state index in [4.69, 9.17) is 0 Å². The highest BCUT2D eigenvalue weighted by Gasteiger charge is 2.39. The SMILES string of the molecule is O=C1CCCC2(CCCN(c3ncccn3)C2)N1. The molecular formula is C13H18N4O. The van der Waals surface area contributed by atoms with Crippen LogP contribution in [0.1, 0.15) is 32.1 Å². The predicted octanol–water partition coefficient (Wildman–Crippen LogP) is 1.12. The second-order valence-electron chi connectivity index (χ2n) is 5.26. The first-order chi connectivity index (χ1) is 8.77. The molecule has 0 bridgehead atoms. The molecule has 96 valence electrons. The van der Waals surface area contributed by atoms with E-state index in [0.717, 1.165) is 44.7 Å². The van der Waals surface area contributed by atoms with Crippen molar-refractivity contribution in [3.05, 3.63) is 18.5 Å². The summed E-state index contributed by atoms with van der Waals surface area (Å²) in [5.41, 5.74) is -0.0488. The third-order valence-corrected chi connectivity index (χ3v) is 3.88. The van der Waals surface area contributed by atoms with Gasteiger partial charge in [0.05, 0.1) is 5.54 Å². The zero-order valence-electron chi connectivity index (χ0n) is 10.4. The fraction of sp³-hybridized carbons (Fsp3) is 0.615. The number of hydrogen-bond donors (Lipinski definition) is 1. The zero-order chi connectivity index (χ0) is 12.4. The summed E-state index contributed by atoms with van der Waals surface area (Å²) in [6.45, 7) is 1.81. The highest BCUT2D eigenvalue weighted by molar-refractivity contribution is 5.77. The lowest BCUT2D eigenvalue weighted by molar-refractivity contribution is -0.125. The molecule has 2 fully saturated rings. The maximum Gasteiger partial charge on any atom is 0.225 e. The van der Waals surface area contributed by atoms with Crippen molar-refractivity contribution in [2.24, 2.45) is 0 Å². The Morgan fingerprint density at radius 2 is 2.00 bits per heavy atom. The smallest absolute Gasteiger partial charge is 0.225 e. The van der Waals surface area contributed by atoms with Crippen LogP contribution in [0.4, 0.5) is 5.95 Å². The molecule has 2 aliphatic rings. The van der Waals surface area contributed by atoms with Crippen molar-refractivity contribution in [2.45, 2.75) is 37.6 Å². The van der Waals surface area contributed by atoms with E-state index in [2.05, 4.69) is 20.2 Å². The van der Waals surface area contributed by atoms with Gasteiger partial charge in [-0.15, -0.1) is 0 Å². The summed E-state index contributed by atoms with van der Waals surface area (Å²) in [6, 6.07) is 1.82. The molecule has 5 nitrogen and oxygen atoms in total. The number of hydrogen-bond acceptors (Lipinski definition) is 4. The Labute approximate surface area is 107 Å². The van der Waals surface area contributed by atoms with Crippen molar-refractivity contribution in [2.75, 3.05) is 18.0 Å². The van der Waals surface area contributed by atoms with Gasteiger partial charge in [0.1, 0.15) is 0 Å². The molecular weight excluding hydrogens is 228 g/mol. The Balaban J connectivity index is 1.77. The lowest BCUT2D eigenvalue weighted by Crippen LogP contribution is -2.60. The van der Waals surface area contributed by atoms with Crippen molar-refractivity contribution in [3.8, 4) is 0 Å². The van der Waals surface area contributed by atoms with Crippen molar-refractivity contribution >= 4 is 11.9 Å². The fourth-order valence-electron chi connectivity index (χ4n) is 3.07. The number of carbonyl (C=O) groups excluding carboxylic acids is 1. The zero-order valence-corrected chi connectivity index (χ0v) is 10.4. The fourth-order valence-corrected chi connectivity index (χ4v) is 3.07. The quantitative estimate of drug-likeness (QED) is 0.806. The van der Waals surface area contributed by atoms with Crippen LogP contribution < -0.4 is 10.2 Å². The van der Waals surface area contributed by atoms with E-state index in [1.165, 1.54) is 0 Å². The summed E-state index contributed by atoms with van der Waals surface area (Å²) in [7, 11) is 0. The van der Waals surface area contributed by atoms with E-state index in [-0.39, 0.29) is 11.4 Å². The molecule has 3 heterocycles. The summed E-state index contributed by atoms with van der Waals surface area (Å²) in [4.78, 5) is 22.4. The highest BCUT2D eigenvalue weighted by atomic mass is 16.1. The number of anilines is 1. The van der Waals surface area contributed by atoms with Gasteiger partial charge in [-0.05, 0) is 31.7 Å². The van der Waals surface area contributed by atoms with Crippen molar-refractivity contribution < 1.29 is 4.79 Å². The van der Waals surface area contributed by atoms with Crippen LogP contribution in [0.3, 0.4) is 0 Å². The molecule has 1 spiro atoms. The van der Waals surface area contributed by atoms with Crippen LogP contribution in [0, 0.1) is 0 Å². The number of piperidine rings is 2. The lowest BCUT2D eigenvalue weighted by Gasteiger charge is -2.45. The molecule has 1 N–H and O–H groups in total. The number of nitrogens with zero attached hydrogens (tertiary/aromatic N) is 3. The highest BCUT2D eigenvalue weighted by Crippen LogP contribution is 2.30. The minimum Gasteiger partial charge on any atom is -0.349 e. The monoisotopic (exact) mass is 246 g/mol. The summed E-state index contributed by atoms with van der Waals surface area (Å²) in [5, 5.41) is 3.20. The Morgan fingerprint density at radius 3 is 2.78 bits per heavy atom. The second kappa shape index (κ2) is 4.55. The van der Waals surface area contributed by atoms with Crippen LogP contribution >= 0.6 is 0 Å².